The van der Waals surface area contributed by atoms with Crippen LogP contribution < -0.4 is 15.2 Å². The van der Waals surface area contributed by atoms with Crippen molar-refractivity contribution in [1.29, 1.82) is 0 Å². The second kappa shape index (κ2) is 9.55. The first kappa shape index (κ1) is 23.3. The highest BCUT2D eigenvalue weighted by molar-refractivity contribution is 5.96. The zero-order valence-corrected chi connectivity index (χ0v) is 19.8. The Bertz CT molecular complexity index is 1300. The highest BCUT2D eigenvalue weighted by Gasteiger charge is 2.35. The fourth-order valence-electron chi connectivity index (χ4n) is 4.27. The number of carbonyl (C=O) groups is 1. The number of carbonyl (C=O) groups excluding carboxylic acids is 1. The molecule has 0 aliphatic carbocycles. The van der Waals surface area contributed by atoms with Crippen LogP contribution in [0.5, 0.6) is 5.75 Å². The van der Waals surface area contributed by atoms with Gasteiger partial charge in [-0.1, -0.05) is 42.5 Å². The minimum atomic E-state index is -0.358. The molecule has 6 nitrogen and oxygen atoms in total. The van der Waals surface area contributed by atoms with Crippen LogP contribution in [0, 0.1) is 12.7 Å². The minimum Gasteiger partial charge on any atom is -0.482 e. The first-order valence-corrected chi connectivity index (χ1v) is 11.2. The summed E-state index contributed by atoms with van der Waals surface area (Å²) in [6.45, 7) is 6.26. The van der Waals surface area contributed by atoms with Crippen LogP contribution in [0.3, 0.4) is 0 Å². The average molecular weight is 462 g/mol. The number of allylic oxidation sites excluding steroid dienone is 1. The standard InChI is InChI=1S/C27H28FN3O3/c1-5-18(2)24(22-12-11-21(28)15-19(22)3)31-17-29(4)27(33)25-26(23(32)13-14-30(25)31)34-16-20-9-7-6-8-10-20/h5-15,24H,16-17H2,1-4H3/b18-5+. The molecule has 0 bridgehead atoms. The number of amides is 1. The van der Waals surface area contributed by atoms with E-state index < -0.39 is 0 Å². The van der Waals surface area contributed by atoms with Gasteiger partial charge >= 0.3 is 0 Å². The highest BCUT2D eigenvalue weighted by Crippen LogP contribution is 2.33. The molecular formula is C27H28FN3O3. The van der Waals surface area contributed by atoms with Crippen LogP contribution in [0.4, 0.5) is 4.39 Å². The summed E-state index contributed by atoms with van der Waals surface area (Å²) in [6, 6.07) is 15.3. The van der Waals surface area contributed by atoms with Crippen molar-refractivity contribution in [1.82, 2.24) is 9.58 Å². The molecule has 34 heavy (non-hydrogen) atoms. The Labute approximate surface area is 198 Å². The lowest BCUT2D eigenvalue weighted by Gasteiger charge is -2.43. The Hall–Kier alpha value is -3.87. The summed E-state index contributed by atoms with van der Waals surface area (Å²) in [6.07, 6.45) is 3.60. The Balaban J connectivity index is 1.84. The molecule has 2 heterocycles. The van der Waals surface area contributed by atoms with Crippen molar-refractivity contribution < 1.29 is 13.9 Å². The number of fused-ring (bicyclic) bond motifs is 1. The molecule has 1 aliphatic heterocycles. The third-order valence-electron chi connectivity index (χ3n) is 6.16. The van der Waals surface area contributed by atoms with Crippen LogP contribution in [0.1, 0.15) is 47.1 Å². The molecule has 0 saturated heterocycles. The van der Waals surface area contributed by atoms with E-state index in [2.05, 4.69) is 0 Å². The molecule has 1 unspecified atom stereocenters. The van der Waals surface area contributed by atoms with Crippen molar-refractivity contribution in [3.8, 4) is 5.75 Å². The van der Waals surface area contributed by atoms with Crippen LogP contribution in [0.2, 0.25) is 0 Å². The van der Waals surface area contributed by atoms with Gasteiger partial charge in [0.15, 0.2) is 11.4 Å². The molecule has 176 valence electrons. The summed E-state index contributed by atoms with van der Waals surface area (Å²) < 4.78 is 21.5. The van der Waals surface area contributed by atoms with E-state index in [0.717, 1.165) is 22.3 Å². The van der Waals surface area contributed by atoms with Crippen molar-refractivity contribution in [2.75, 3.05) is 18.7 Å². The third-order valence-corrected chi connectivity index (χ3v) is 6.16. The Morgan fingerprint density at radius 3 is 2.56 bits per heavy atom. The molecular weight excluding hydrogens is 433 g/mol. The van der Waals surface area contributed by atoms with Gasteiger partial charge in [0, 0.05) is 19.3 Å². The van der Waals surface area contributed by atoms with E-state index in [9.17, 15) is 14.0 Å². The molecule has 1 amide bonds. The topological polar surface area (TPSA) is 54.8 Å². The van der Waals surface area contributed by atoms with E-state index in [-0.39, 0.29) is 47.9 Å². The number of pyridine rings is 1. The number of aromatic nitrogens is 1. The number of ether oxygens (including phenoxy) is 1. The van der Waals surface area contributed by atoms with Gasteiger partial charge in [-0.15, -0.1) is 0 Å². The fourth-order valence-corrected chi connectivity index (χ4v) is 4.27. The predicted molar refractivity (Wildman–Crippen MR) is 130 cm³/mol. The minimum absolute atomic E-state index is 0.0145. The van der Waals surface area contributed by atoms with Gasteiger partial charge < -0.3 is 9.64 Å². The highest BCUT2D eigenvalue weighted by atomic mass is 19.1. The summed E-state index contributed by atoms with van der Waals surface area (Å²) in [4.78, 5) is 27.6. The molecule has 0 N–H and O–H groups in total. The quantitative estimate of drug-likeness (QED) is 0.505. The lowest BCUT2D eigenvalue weighted by Crippen LogP contribution is -2.54. The number of nitrogens with zero attached hydrogens (tertiary/aromatic N) is 3. The molecule has 1 atom stereocenters. The molecule has 1 aliphatic rings. The van der Waals surface area contributed by atoms with Gasteiger partial charge in [-0.2, -0.15) is 0 Å². The molecule has 0 radical (unpaired) electrons. The van der Waals surface area contributed by atoms with Crippen molar-refractivity contribution in [3.05, 3.63) is 111 Å². The first-order valence-electron chi connectivity index (χ1n) is 11.2. The van der Waals surface area contributed by atoms with Gasteiger partial charge in [0.2, 0.25) is 5.43 Å². The van der Waals surface area contributed by atoms with E-state index in [1.54, 1.807) is 28.9 Å². The zero-order valence-electron chi connectivity index (χ0n) is 19.8. The SMILES string of the molecule is C/C=C(\C)C(c1ccc(F)cc1C)N1CN(C)C(=O)c2c(OCc3ccccc3)c(=O)ccn21. The lowest BCUT2D eigenvalue weighted by molar-refractivity contribution is 0.0723. The maximum absolute atomic E-state index is 13.9. The molecule has 7 heteroatoms. The lowest BCUT2D eigenvalue weighted by atomic mass is 9.94. The van der Waals surface area contributed by atoms with E-state index in [1.807, 2.05) is 62.2 Å². The van der Waals surface area contributed by atoms with Crippen molar-refractivity contribution >= 4 is 5.91 Å². The second-order valence-corrected chi connectivity index (χ2v) is 8.50. The largest absolute Gasteiger partial charge is 0.482 e. The summed E-state index contributed by atoms with van der Waals surface area (Å²) in [7, 11) is 1.69. The Morgan fingerprint density at radius 1 is 1.15 bits per heavy atom. The number of rotatable bonds is 6. The number of hydrogen-bond acceptors (Lipinski definition) is 4. The molecule has 2 aromatic carbocycles. The molecule has 1 aromatic heterocycles. The first-order chi connectivity index (χ1) is 16.3. The fraction of sp³-hybridized carbons (Fsp3) is 0.259. The summed E-state index contributed by atoms with van der Waals surface area (Å²) in [5, 5.41) is 1.99. The zero-order chi connectivity index (χ0) is 24.4. The Morgan fingerprint density at radius 2 is 1.88 bits per heavy atom. The number of halogens is 1. The average Bonchev–Trinajstić information content (AvgIpc) is 2.83. The van der Waals surface area contributed by atoms with Crippen LogP contribution >= 0.6 is 0 Å². The van der Waals surface area contributed by atoms with Crippen molar-refractivity contribution in [3.63, 3.8) is 0 Å². The maximum Gasteiger partial charge on any atom is 0.277 e. The van der Waals surface area contributed by atoms with E-state index in [4.69, 9.17) is 4.74 Å². The third kappa shape index (κ3) is 4.33. The van der Waals surface area contributed by atoms with Gasteiger partial charge in [0.25, 0.3) is 5.91 Å². The van der Waals surface area contributed by atoms with Gasteiger partial charge in [-0.05, 0) is 55.2 Å². The normalized spacial score (nSPS) is 14.7. The van der Waals surface area contributed by atoms with Crippen molar-refractivity contribution in [2.45, 2.75) is 33.4 Å². The maximum atomic E-state index is 13.9. The van der Waals surface area contributed by atoms with Gasteiger partial charge in [0.05, 0.1) is 6.04 Å². The molecule has 0 fully saturated rings. The number of hydrogen-bond donors (Lipinski definition) is 0. The van der Waals surface area contributed by atoms with Gasteiger partial charge in [-0.3, -0.25) is 19.3 Å². The van der Waals surface area contributed by atoms with Crippen LogP contribution in [-0.2, 0) is 6.61 Å². The number of aryl methyl sites for hydroxylation is 1. The molecule has 0 spiro atoms. The van der Waals surface area contributed by atoms with Crippen LogP contribution in [0.25, 0.3) is 0 Å². The van der Waals surface area contributed by atoms with Gasteiger partial charge in [0.1, 0.15) is 19.1 Å². The predicted octanol–water partition coefficient (Wildman–Crippen LogP) is 4.56. The second-order valence-electron chi connectivity index (χ2n) is 8.50. The smallest absolute Gasteiger partial charge is 0.277 e. The molecule has 3 aromatic rings. The number of benzene rings is 2. The molecule has 4 rings (SSSR count). The summed E-state index contributed by atoms with van der Waals surface area (Å²) in [5.41, 5.74) is 3.44. The van der Waals surface area contributed by atoms with Crippen LogP contribution in [-0.4, -0.2) is 29.2 Å². The summed E-state index contributed by atoms with van der Waals surface area (Å²) in [5.74, 6) is -0.588. The van der Waals surface area contributed by atoms with Gasteiger partial charge in [-0.25, -0.2) is 4.39 Å². The van der Waals surface area contributed by atoms with Crippen molar-refractivity contribution in [2.24, 2.45) is 0 Å². The Kier molecular flexibility index (Phi) is 6.54. The summed E-state index contributed by atoms with van der Waals surface area (Å²) >= 11 is 0. The monoisotopic (exact) mass is 461 g/mol. The van der Waals surface area contributed by atoms with E-state index >= 15 is 0 Å². The van der Waals surface area contributed by atoms with E-state index in [1.165, 1.54) is 18.2 Å². The van der Waals surface area contributed by atoms with E-state index in [0.29, 0.717) is 0 Å². The molecule has 0 saturated carbocycles. The van der Waals surface area contributed by atoms with Crippen LogP contribution in [0.15, 0.2) is 77.2 Å².